The Balaban J connectivity index is 2.05. The van der Waals surface area contributed by atoms with E-state index < -0.39 is 10.0 Å². The van der Waals surface area contributed by atoms with Gasteiger partial charge in [0.25, 0.3) is 0 Å². The lowest BCUT2D eigenvalue weighted by molar-refractivity contribution is 0.506. The molecule has 0 fully saturated rings. The second kappa shape index (κ2) is 5.77. The molecule has 0 bridgehead atoms. The summed E-state index contributed by atoms with van der Waals surface area (Å²) in [7, 11) is -3.56. The number of rotatable bonds is 5. The zero-order valence-electron chi connectivity index (χ0n) is 9.97. The van der Waals surface area contributed by atoms with Gasteiger partial charge in [0.2, 0.25) is 10.0 Å². The predicted molar refractivity (Wildman–Crippen MR) is 76.2 cm³/mol. The fourth-order valence-electron chi connectivity index (χ4n) is 1.58. The van der Waals surface area contributed by atoms with Crippen LogP contribution in [0.15, 0.2) is 50.4 Å². The highest BCUT2D eigenvalue weighted by molar-refractivity contribution is 9.10. The van der Waals surface area contributed by atoms with E-state index in [-0.39, 0.29) is 11.4 Å². The number of sulfonamides is 1. The van der Waals surface area contributed by atoms with Crippen LogP contribution in [-0.2, 0) is 16.4 Å². The number of furan rings is 1. The number of nitrogen functional groups attached to an aromatic ring is 1. The number of benzene rings is 1. The molecule has 0 spiro atoms. The Bertz CT molecular complexity index is 654. The number of anilines is 1. The molecule has 0 aliphatic rings. The first kappa shape index (κ1) is 14.1. The zero-order valence-corrected chi connectivity index (χ0v) is 12.4. The number of nitrogens with one attached hydrogen (secondary N) is 1. The first-order chi connectivity index (χ1) is 8.99. The van der Waals surface area contributed by atoms with Gasteiger partial charge in [-0.2, -0.15) is 0 Å². The van der Waals surface area contributed by atoms with E-state index in [0.29, 0.717) is 16.6 Å². The monoisotopic (exact) mass is 344 g/mol. The van der Waals surface area contributed by atoms with Crippen molar-refractivity contribution in [2.24, 2.45) is 0 Å². The fraction of sp³-hybridized carbons (Fsp3) is 0.167. The third-order valence-electron chi connectivity index (χ3n) is 2.49. The largest absolute Gasteiger partial charge is 0.469 e. The third kappa shape index (κ3) is 3.59. The summed E-state index contributed by atoms with van der Waals surface area (Å²) in [4.78, 5) is 0.168. The van der Waals surface area contributed by atoms with Gasteiger partial charge < -0.3 is 10.2 Å². The maximum absolute atomic E-state index is 12.1. The molecule has 19 heavy (non-hydrogen) atoms. The van der Waals surface area contributed by atoms with Crippen LogP contribution in [0.3, 0.4) is 0 Å². The van der Waals surface area contributed by atoms with E-state index in [2.05, 4.69) is 20.7 Å². The van der Waals surface area contributed by atoms with Gasteiger partial charge in [0.15, 0.2) is 0 Å². The summed E-state index contributed by atoms with van der Waals surface area (Å²) in [5.41, 5.74) is 6.08. The molecule has 102 valence electrons. The van der Waals surface area contributed by atoms with Gasteiger partial charge in [-0.3, -0.25) is 0 Å². The van der Waals surface area contributed by atoms with E-state index in [1.54, 1.807) is 30.5 Å². The van der Waals surface area contributed by atoms with Gasteiger partial charge in [0.1, 0.15) is 5.76 Å². The summed E-state index contributed by atoms with van der Waals surface area (Å²) in [6.07, 6.45) is 2.05. The maximum atomic E-state index is 12.1. The van der Waals surface area contributed by atoms with E-state index in [1.165, 1.54) is 6.07 Å². The summed E-state index contributed by atoms with van der Waals surface area (Å²) in [6, 6.07) is 8.13. The molecule has 0 saturated heterocycles. The molecule has 0 radical (unpaired) electrons. The van der Waals surface area contributed by atoms with Crippen LogP contribution in [0.5, 0.6) is 0 Å². The lowest BCUT2D eigenvalue weighted by atomic mass is 10.3. The normalized spacial score (nSPS) is 11.6. The average molecular weight is 345 g/mol. The highest BCUT2D eigenvalue weighted by atomic mass is 79.9. The van der Waals surface area contributed by atoms with Crippen LogP contribution in [0.1, 0.15) is 5.76 Å². The molecule has 0 aliphatic carbocycles. The van der Waals surface area contributed by atoms with Crippen LogP contribution in [0.2, 0.25) is 0 Å². The molecular weight excluding hydrogens is 332 g/mol. The molecular formula is C12H13BrN2O3S. The highest BCUT2D eigenvalue weighted by Crippen LogP contribution is 2.23. The number of hydrogen-bond acceptors (Lipinski definition) is 4. The molecule has 2 rings (SSSR count). The molecule has 1 aromatic carbocycles. The van der Waals surface area contributed by atoms with Crippen molar-refractivity contribution >= 4 is 31.6 Å². The van der Waals surface area contributed by atoms with Crippen LogP contribution in [0, 0.1) is 0 Å². The fourth-order valence-corrected chi connectivity index (χ4v) is 3.70. The molecule has 1 heterocycles. The third-order valence-corrected chi connectivity index (χ3v) is 4.93. The average Bonchev–Trinajstić information content (AvgIpc) is 2.81. The quantitative estimate of drug-likeness (QED) is 0.813. The van der Waals surface area contributed by atoms with Crippen LogP contribution in [-0.4, -0.2) is 15.0 Å². The van der Waals surface area contributed by atoms with Crippen LogP contribution >= 0.6 is 15.9 Å². The van der Waals surface area contributed by atoms with E-state index in [0.717, 1.165) is 5.76 Å². The van der Waals surface area contributed by atoms with Gasteiger partial charge in [0, 0.05) is 23.1 Å². The van der Waals surface area contributed by atoms with Gasteiger partial charge in [-0.1, -0.05) is 0 Å². The van der Waals surface area contributed by atoms with Crippen molar-refractivity contribution in [3.05, 3.63) is 46.8 Å². The zero-order chi connectivity index (χ0) is 13.9. The summed E-state index contributed by atoms with van der Waals surface area (Å²) in [5.74, 6) is 0.735. The molecule has 0 unspecified atom stereocenters. The van der Waals surface area contributed by atoms with Crippen molar-refractivity contribution < 1.29 is 12.8 Å². The SMILES string of the molecule is Nc1ccc(S(=O)(=O)NCCc2ccco2)c(Br)c1. The van der Waals surface area contributed by atoms with Crippen molar-refractivity contribution in [2.45, 2.75) is 11.3 Å². The highest BCUT2D eigenvalue weighted by Gasteiger charge is 2.17. The summed E-state index contributed by atoms with van der Waals surface area (Å²) in [6.45, 7) is 0.270. The van der Waals surface area contributed by atoms with E-state index in [9.17, 15) is 8.42 Å². The molecule has 7 heteroatoms. The van der Waals surface area contributed by atoms with Gasteiger partial charge >= 0.3 is 0 Å². The Morgan fingerprint density at radius 1 is 1.32 bits per heavy atom. The smallest absolute Gasteiger partial charge is 0.241 e. The van der Waals surface area contributed by atoms with Crippen molar-refractivity contribution in [3.63, 3.8) is 0 Å². The summed E-state index contributed by atoms with van der Waals surface area (Å²) in [5, 5.41) is 0. The van der Waals surface area contributed by atoms with Crippen LogP contribution in [0.4, 0.5) is 5.69 Å². The predicted octanol–water partition coefficient (Wildman–Crippen LogP) is 2.15. The van der Waals surface area contributed by atoms with Crippen molar-refractivity contribution in [2.75, 3.05) is 12.3 Å². The second-order valence-corrected chi connectivity index (χ2v) is 6.51. The molecule has 0 atom stereocenters. The Kier molecular flexibility index (Phi) is 4.28. The van der Waals surface area contributed by atoms with E-state index in [4.69, 9.17) is 10.2 Å². The number of hydrogen-bond donors (Lipinski definition) is 2. The first-order valence-electron chi connectivity index (χ1n) is 5.56. The first-order valence-corrected chi connectivity index (χ1v) is 7.84. The van der Waals surface area contributed by atoms with Gasteiger partial charge in [-0.15, -0.1) is 0 Å². The van der Waals surface area contributed by atoms with Crippen molar-refractivity contribution in [1.29, 1.82) is 0 Å². The number of halogens is 1. The molecule has 0 aliphatic heterocycles. The van der Waals surface area contributed by atoms with Gasteiger partial charge in [0.05, 0.1) is 11.2 Å². The van der Waals surface area contributed by atoms with Gasteiger partial charge in [-0.25, -0.2) is 13.1 Å². The van der Waals surface area contributed by atoms with E-state index >= 15 is 0 Å². The molecule has 3 N–H and O–H groups in total. The Morgan fingerprint density at radius 3 is 2.74 bits per heavy atom. The van der Waals surface area contributed by atoms with Crippen molar-refractivity contribution in [1.82, 2.24) is 4.72 Å². The molecule has 0 amide bonds. The van der Waals surface area contributed by atoms with Gasteiger partial charge in [-0.05, 0) is 46.3 Å². The van der Waals surface area contributed by atoms with Crippen molar-refractivity contribution in [3.8, 4) is 0 Å². The molecule has 1 aromatic heterocycles. The maximum Gasteiger partial charge on any atom is 0.241 e. The Labute approximate surface area is 120 Å². The second-order valence-electron chi connectivity index (χ2n) is 3.92. The topological polar surface area (TPSA) is 85.3 Å². The van der Waals surface area contributed by atoms with Crippen LogP contribution in [0.25, 0.3) is 0 Å². The minimum absolute atomic E-state index is 0.168. The standard InChI is InChI=1S/C12H13BrN2O3S/c13-11-8-9(14)3-4-12(11)19(16,17)15-6-5-10-2-1-7-18-10/h1-4,7-8,15H,5-6,14H2. The van der Waals surface area contributed by atoms with Crippen LogP contribution < -0.4 is 10.5 Å². The summed E-state index contributed by atoms with van der Waals surface area (Å²) >= 11 is 3.20. The summed E-state index contributed by atoms with van der Waals surface area (Å²) < 4.78 is 32.3. The number of nitrogens with two attached hydrogens (primary N) is 1. The molecule has 5 nitrogen and oxygen atoms in total. The molecule has 2 aromatic rings. The minimum Gasteiger partial charge on any atom is -0.469 e. The minimum atomic E-state index is -3.56. The Morgan fingerprint density at radius 2 is 2.11 bits per heavy atom. The molecule has 0 saturated carbocycles. The lowest BCUT2D eigenvalue weighted by Gasteiger charge is -2.08. The lowest BCUT2D eigenvalue weighted by Crippen LogP contribution is -2.26. The van der Waals surface area contributed by atoms with E-state index in [1.807, 2.05) is 0 Å². The Hall–Kier alpha value is -1.31.